The van der Waals surface area contributed by atoms with E-state index in [1.165, 1.54) is 11.1 Å². The van der Waals surface area contributed by atoms with Gasteiger partial charge in [0.25, 0.3) is 0 Å². The van der Waals surface area contributed by atoms with E-state index < -0.39 is 0 Å². The zero-order valence-corrected chi connectivity index (χ0v) is 11.7. The Morgan fingerprint density at radius 1 is 1.05 bits per heavy atom. The molecule has 0 N–H and O–H groups in total. The fourth-order valence-electron chi connectivity index (χ4n) is 3.63. The van der Waals surface area contributed by atoms with Gasteiger partial charge >= 0.3 is 0 Å². The number of benzene rings is 2. The predicted molar refractivity (Wildman–Crippen MR) is 80.5 cm³/mol. The largest absolute Gasteiger partial charge is 0.303 e. The van der Waals surface area contributed by atoms with E-state index in [0.29, 0.717) is 12.3 Å². The van der Waals surface area contributed by atoms with Crippen molar-refractivity contribution in [3.63, 3.8) is 0 Å². The molecule has 1 aliphatic heterocycles. The Balaban J connectivity index is 2.15. The smallest absolute Gasteiger partial charge is 0.120 e. The van der Waals surface area contributed by atoms with E-state index in [1.54, 1.807) is 0 Å². The van der Waals surface area contributed by atoms with Crippen LogP contribution in [0.2, 0.25) is 0 Å². The van der Waals surface area contributed by atoms with Crippen molar-refractivity contribution in [1.82, 2.24) is 4.90 Å². The summed E-state index contributed by atoms with van der Waals surface area (Å²) in [6, 6.07) is 21.0. The number of hydrogen-bond acceptors (Lipinski definition) is 2. The summed E-state index contributed by atoms with van der Waals surface area (Å²) in [6.45, 7) is 0.961. The number of hydrogen-bond donors (Lipinski definition) is 0. The van der Waals surface area contributed by atoms with Crippen LogP contribution in [0.3, 0.4) is 0 Å². The van der Waals surface area contributed by atoms with E-state index >= 15 is 0 Å². The molecule has 2 aromatic rings. The van der Waals surface area contributed by atoms with Crippen molar-refractivity contribution in [2.24, 2.45) is 5.92 Å². The Morgan fingerprint density at radius 3 is 1.95 bits per heavy atom. The summed E-state index contributed by atoms with van der Waals surface area (Å²) in [5.74, 6) is 0.342. The lowest BCUT2D eigenvalue weighted by Gasteiger charge is -2.58. The Hall–Kier alpha value is -1.93. The molecule has 2 aromatic carbocycles. The summed E-state index contributed by atoms with van der Waals surface area (Å²) in [7, 11) is 2.14. The highest BCUT2D eigenvalue weighted by molar-refractivity contribution is 5.53. The molecule has 0 bridgehead atoms. The zero-order chi connectivity index (χ0) is 14.0. The van der Waals surface area contributed by atoms with Crippen molar-refractivity contribution in [3.8, 4) is 0 Å². The molecular formula is C18H19NO. The van der Waals surface area contributed by atoms with Gasteiger partial charge in [-0.15, -0.1) is 0 Å². The topological polar surface area (TPSA) is 20.3 Å². The average molecular weight is 265 g/mol. The summed E-state index contributed by atoms with van der Waals surface area (Å²) in [6.07, 6.45) is 1.66. The third-order valence-corrected chi connectivity index (χ3v) is 4.50. The molecule has 0 saturated carbocycles. The van der Waals surface area contributed by atoms with Gasteiger partial charge in [0.1, 0.15) is 6.29 Å². The molecule has 0 aliphatic carbocycles. The predicted octanol–water partition coefficient (Wildman–Crippen LogP) is 3.08. The highest BCUT2D eigenvalue weighted by Crippen LogP contribution is 2.50. The maximum absolute atomic E-state index is 11.0. The van der Waals surface area contributed by atoms with Crippen molar-refractivity contribution in [2.45, 2.75) is 12.0 Å². The zero-order valence-electron chi connectivity index (χ0n) is 11.7. The second-order valence-corrected chi connectivity index (χ2v) is 5.48. The van der Waals surface area contributed by atoms with Crippen LogP contribution < -0.4 is 0 Å². The maximum Gasteiger partial charge on any atom is 0.120 e. The fraction of sp³-hybridized carbons (Fsp3) is 0.278. The van der Waals surface area contributed by atoms with E-state index in [0.717, 1.165) is 12.8 Å². The number of aldehydes is 1. The number of nitrogens with zero attached hydrogens (tertiary/aromatic N) is 1. The molecule has 0 radical (unpaired) electrons. The van der Waals surface area contributed by atoms with Crippen molar-refractivity contribution in [3.05, 3.63) is 71.8 Å². The normalized spacial score (nSPS) is 21.1. The van der Waals surface area contributed by atoms with Crippen LogP contribution in [0.1, 0.15) is 17.5 Å². The maximum atomic E-state index is 11.0. The van der Waals surface area contributed by atoms with E-state index in [-0.39, 0.29) is 5.54 Å². The SMILES string of the molecule is CN1CC(CC=O)C1(c1ccccc1)c1ccccc1. The number of carbonyl (C=O) groups is 1. The number of likely N-dealkylation sites (tertiary alicyclic amines) is 1. The quantitative estimate of drug-likeness (QED) is 0.792. The summed E-state index contributed by atoms with van der Waals surface area (Å²) >= 11 is 0. The Bertz CT molecular complexity index is 539. The van der Waals surface area contributed by atoms with Crippen LogP contribution in [-0.4, -0.2) is 24.8 Å². The van der Waals surface area contributed by atoms with Gasteiger partial charge in [-0.25, -0.2) is 0 Å². The van der Waals surface area contributed by atoms with Gasteiger partial charge in [0, 0.05) is 18.9 Å². The van der Waals surface area contributed by atoms with Crippen LogP contribution in [0.5, 0.6) is 0 Å². The van der Waals surface area contributed by atoms with Gasteiger partial charge in [-0.05, 0) is 18.2 Å². The van der Waals surface area contributed by atoms with Gasteiger partial charge in [-0.2, -0.15) is 0 Å². The molecule has 102 valence electrons. The third kappa shape index (κ3) is 1.80. The van der Waals surface area contributed by atoms with Crippen LogP contribution in [0, 0.1) is 5.92 Å². The van der Waals surface area contributed by atoms with Crippen LogP contribution in [0.25, 0.3) is 0 Å². The van der Waals surface area contributed by atoms with Crippen molar-refractivity contribution >= 4 is 6.29 Å². The van der Waals surface area contributed by atoms with Gasteiger partial charge in [0.2, 0.25) is 0 Å². The third-order valence-electron chi connectivity index (χ3n) is 4.50. The molecule has 3 rings (SSSR count). The average Bonchev–Trinajstić information content (AvgIpc) is 2.49. The Labute approximate surface area is 120 Å². The van der Waals surface area contributed by atoms with Crippen LogP contribution in [0.15, 0.2) is 60.7 Å². The minimum absolute atomic E-state index is 0.163. The molecule has 0 aromatic heterocycles. The highest BCUT2D eigenvalue weighted by atomic mass is 16.1. The summed E-state index contributed by atoms with van der Waals surface area (Å²) in [5.41, 5.74) is 2.38. The fourth-order valence-corrected chi connectivity index (χ4v) is 3.63. The molecule has 1 saturated heterocycles. The standard InChI is InChI=1S/C18H19NO/c1-19-14-17(12-13-20)18(19,15-8-4-2-5-9-15)16-10-6-3-7-11-16/h2-11,13,17H,12,14H2,1H3. The lowest BCUT2D eigenvalue weighted by Crippen LogP contribution is -2.63. The van der Waals surface area contributed by atoms with Crippen molar-refractivity contribution in [2.75, 3.05) is 13.6 Å². The van der Waals surface area contributed by atoms with Crippen molar-refractivity contribution < 1.29 is 4.79 Å². The molecule has 1 heterocycles. The van der Waals surface area contributed by atoms with Crippen LogP contribution in [-0.2, 0) is 10.3 Å². The second-order valence-electron chi connectivity index (χ2n) is 5.48. The van der Waals surface area contributed by atoms with E-state index in [4.69, 9.17) is 0 Å². The molecule has 1 fully saturated rings. The minimum Gasteiger partial charge on any atom is -0.303 e. The molecule has 1 atom stereocenters. The molecule has 2 nitrogen and oxygen atoms in total. The Morgan fingerprint density at radius 2 is 1.55 bits per heavy atom. The lowest BCUT2D eigenvalue weighted by atomic mass is 9.64. The molecule has 20 heavy (non-hydrogen) atoms. The molecule has 0 spiro atoms. The minimum atomic E-state index is -0.163. The first-order valence-corrected chi connectivity index (χ1v) is 7.06. The molecule has 1 unspecified atom stereocenters. The van der Waals surface area contributed by atoms with Gasteiger partial charge in [0.15, 0.2) is 0 Å². The lowest BCUT2D eigenvalue weighted by molar-refractivity contribution is -0.113. The van der Waals surface area contributed by atoms with E-state index in [9.17, 15) is 4.79 Å². The molecule has 1 aliphatic rings. The molecular weight excluding hydrogens is 246 g/mol. The van der Waals surface area contributed by atoms with Gasteiger partial charge in [-0.1, -0.05) is 60.7 Å². The first-order chi connectivity index (χ1) is 9.80. The first kappa shape index (κ1) is 13.1. The molecule has 0 amide bonds. The summed E-state index contributed by atoms with van der Waals surface area (Å²) in [4.78, 5) is 13.4. The highest BCUT2D eigenvalue weighted by Gasteiger charge is 2.53. The first-order valence-electron chi connectivity index (χ1n) is 7.06. The second kappa shape index (κ2) is 5.22. The van der Waals surface area contributed by atoms with E-state index in [1.807, 2.05) is 12.1 Å². The Kier molecular flexibility index (Phi) is 3.41. The number of carbonyl (C=O) groups excluding carboxylic acids is 1. The summed E-state index contributed by atoms with van der Waals surface area (Å²) < 4.78 is 0. The van der Waals surface area contributed by atoms with Crippen LogP contribution >= 0.6 is 0 Å². The number of rotatable bonds is 4. The van der Waals surface area contributed by atoms with Crippen molar-refractivity contribution in [1.29, 1.82) is 0 Å². The summed E-state index contributed by atoms with van der Waals surface area (Å²) in [5, 5.41) is 0. The van der Waals surface area contributed by atoms with Gasteiger partial charge in [-0.3, -0.25) is 4.90 Å². The van der Waals surface area contributed by atoms with Crippen LogP contribution in [0.4, 0.5) is 0 Å². The van der Waals surface area contributed by atoms with Gasteiger partial charge in [0.05, 0.1) is 5.54 Å². The van der Waals surface area contributed by atoms with E-state index in [2.05, 4.69) is 60.5 Å². The molecule has 2 heteroatoms. The van der Waals surface area contributed by atoms with Gasteiger partial charge < -0.3 is 4.79 Å². The monoisotopic (exact) mass is 265 g/mol.